The molecule has 0 spiro atoms. The Bertz CT molecular complexity index is 1020. The monoisotopic (exact) mass is 363 g/mol. The summed E-state index contributed by atoms with van der Waals surface area (Å²) in [5.41, 5.74) is 4.11. The first kappa shape index (κ1) is 18.4. The van der Waals surface area contributed by atoms with E-state index in [2.05, 4.69) is 16.5 Å². The molecule has 1 N–H and O–H groups in total. The molecule has 27 heavy (non-hydrogen) atoms. The van der Waals surface area contributed by atoms with Crippen LogP contribution in [0.1, 0.15) is 11.1 Å². The average Bonchev–Trinajstić information content (AvgIpc) is 2.64. The van der Waals surface area contributed by atoms with Crippen LogP contribution in [0.3, 0.4) is 0 Å². The van der Waals surface area contributed by atoms with Crippen molar-refractivity contribution in [1.82, 2.24) is 9.78 Å². The van der Waals surface area contributed by atoms with E-state index in [9.17, 15) is 9.59 Å². The number of carbonyl (C=O) groups excluding carboxylic acids is 1. The average molecular weight is 363 g/mol. The highest BCUT2D eigenvalue weighted by molar-refractivity contribution is 5.90. The van der Waals surface area contributed by atoms with Gasteiger partial charge in [0.1, 0.15) is 12.3 Å². The summed E-state index contributed by atoms with van der Waals surface area (Å²) in [6.07, 6.45) is 0. The van der Waals surface area contributed by atoms with Crippen LogP contribution in [0.25, 0.3) is 11.3 Å². The van der Waals surface area contributed by atoms with Crippen LogP contribution < -0.4 is 15.6 Å². The number of rotatable bonds is 5. The second-order valence-electron chi connectivity index (χ2n) is 6.31. The zero-order valence-electron chi connectivity index (χ0n) is 15.5. The molecule has 6 heteroatoms. The maximum absolute atomic E-state index is 12.3. The standard InChI is InChI=1S/C21H21N3O3/c1-14-4-9-18(15(2)12-14)19-10-11-21(26)24(23-19)13-20(25)22-16-5-7-17(27-3)8-6-16/h4-12H,13H2,1-3H3,(H,22,25). The molecule has 1 heterocycles. The van der Waals surface area contributed by atoms with Gasteiger partial charge in [0, 0.05) is 17.3 Å². The second-order valence-corrected chi connectivity index (χ2v) is 6.31. The maximum Gasteiger partial charge on any atom is 0.267 e. The number of carbonyl (C=O) groups is 1. The molecular formula is C21H21N3O3. The number of anilines is 1. The number of nitrogens with zero attached hydrogens (tertiary/aromatic N) is 2. The summed E-state index contributed by atoms with van der Waals surface area (Å²) in [5, 5.41) is 7.12. The molecule has 0 saturated carbocycles. The van der Waals surface area contributed by atoms with Crippen molar-refractivity contribution in [3.8, 4) is 17.0 Å². The number of ether oxygens (including phenoxy) is 1. The lowest BCUT2D eigenvalue weighted by Gasteiger charge is -2.10. The van der Waals surface area contributed by atoms with Crippen LogP contribution in [0, 0.1) is 13.8 Å². The van der Waals surface area contributed by atoms with E-state index in [-0.39, 0.29) is 18.0 Å². The number of hydrogen-bond donors (Lipinski definition) is 1. The zero-order valence-corrected chi connectivity index (χ0v) is 15.5. The topological polar surface area (TPSA) is 73.2 Å². The highest BCUT2D eigenvalue weighted by atomic mass is 16.5. The Morgan fingerprint density at radius 2 is 1.81 bits per heavy atom. The van der Waals surface area contributed by atoms with Gasteiger partial charge in [0.2, 0.25) is 5.91 Å². The molecule has 2 aromatic carbocycles. The van der Waals surface area contributed by atoms with Gasteiger partial charge in [0.15, 0.2) is 0 Å². The number of aromatic nitrogens is 2. The molecule has 0 radical (unpaired) electrons. The van der Waals surface area contributed by atoms with E-state index in [4.69, 9.17) is 4.74 Å². The second kappa shape index (κ2) is 7.86. The van der Waals surface area contributed by atoms with Crippen molar-refractivity contribution in [2.24, 2.45) is 0 Å². The van der Waals surface area contributed by atoms with E-state index < -0.39 is 0 Å². The summed E-state index contributed by atoms with van der Waals surface area (Å²) < 4.78 is 6.26. The molecule has 0 atom stereocenters. The van der Waals surface area contributed by atoms with E-state index in [1.54, 1.807) is 37.4 Å². The van der Waals surface area contributed by atoms with E-state index in [0.29, 0.717) is 17.1 Å². The van der Waals surface area contributed by atoms with Gasteiger partial charge in [-0.3, -0.25) is 9.59 Å². The Kier molecular flexibility index (Phi) is 5.35. The lowest BCUT2D eigenvalue weighted by molar-refractivity contribution is -0.117. The number of amides is 1. The quantitative estimate of drug-likeness (QED) is 0.756. The molecule has 0 fully saturated rings. The molecule has 3 aromatic rings. The van der Waals surface area contributed by atoms with Gasteiger partial charge in [-0.25, -0.2) is 4.68 Å². The lowest BCUT2D eigenvalue weighted by atomic mass is 10.0. The van der Waals surface area contributed by atoms with E-state index >= 15 is 0 Å². The van der Waals surface area contributed by atoms with Crippen LogP contribution in [0.5, 0.6) is 5.75 Å². The van der Waals surface area contributed by atoms with Crippen LogP contribution in [0.2, 0.25) is 0 Å². The Balaban J connectivity index is 1.79. The molecule has 0 saturated heterocycles. The Hall–Kier alpha value is -3.41. The third-order valence-electron chi connectivity index (χ3n) is 4.19. The van der Waals surface area contributed by atoms with Gasteiger partial charge in [0.05, 0.1) is 12.8 Å². The smallest absolute Gasteiger partial charge is 0.267 e. The third kappa shape index (κ3) is 4.41. The SMILES string of the molecule is COc1ccc(NC(=O)Cn2nc(-c3ccc(C)cc3C)ccc2=O)cc1. The Morgan fingerprint density at radius 1 is 1.07 bits per heavy atom. The largest absolute Gasteiger partial charge is 0.497 e. The van der Waals surface area contributed by atoms with Gasteiger partial charge < -0.3 is 10.1 Å². The fourth-order valence-corrected chi connectivity index (χ4v) is 2.82. The molecule has 3 rings (SSSR count). The van der Waals surface area contributed by atoms with Gasteiger partial charge in [-0.15, -0.1) is 0 Å². The van der Waals surface area contributed by atoms with Gasteiger partial charge in [-0.2, -0.15) is 5.10 Å². The Labute approximate surface area is 157 Å². The zero-order chi connectivity index (χ0) is 19.4. The highest BCUT2D eigenvalue weighted by Gasteiger charge is 2.10. The normalized spacial score (nSPS) is 10.5. The molecule has 0 bridgehead atoms. The van der Waals surface area contributed by atoms with Crippen LogP contribution in [0.4, 0.5) is 5.69 Å². The number of methoxy groups -OCH3 is 1. The molecular weight excluding hydrogens is 342 g/mol. The summed E-state index contributed by atoms with van der Waals surface area (Å²) in [6, 6.07) is 16.1. The van der Waals surface area contributed by atoms with Crippen molar-refractivity contribution in [3.63, 3.8) is 0 Å². The van der Waals surface area contributed by atoms with Crippen molar-refractivity contribution in [1.29, 1.82) is 0 Å². The first-order valence-corrected chi connectivity index (χ1v) is 8.56. The summed E-state index contributed by atoms with van der Waals surface area (Å²) >= 11 is 0. The fraction of sp³-hybridized carbons (Fsp3) is 0.190. The first-order valence-electron chi connectivity index (χ1n) is 8.56. The molecule has 0 aliphatic carbocycles. The predicted molar refractivity (Wildman–Crippen MR) is 105 cm³/mol. The summed E-state index contributed by atoms with van der Waals surface area (Å²) in [5.74, 6) is 0.375. The van der Waals surface area contributed by atoms with Crippen LogP contribution in [-0.2, 0) is 11.3 Å². The van der Waals surface area contributed by atoms with Crippen LogP contribution >= 0.6 is 0 Å². The summed E-state index contributed by atoms with van der Waals surface area (Å²) in [4.78, 5) is 24.4. The minimum absolute atomic E-state index is 0.163. The molecule has 1 aromatic heterocycles. The molecule has 1 amide bonds. The van der Waals surface area contributed by atoms with E-state index in [1.165, 1.54) is 10.7 Å². The van der Waals surface area contributed by atoms with Crippen LogP contribution in [0.15, 0.2) is 59.4 Å². The summed E-state index contributed by atoms with van der Waals surface area (Å²) in [6.45, 7) is 3.86. The van der Waals surface area contributed by atoms with Crippen molar-refractivity contribution in [3.05, 3.63) is 76.1 Å². The van der Waals surface area contributed by atoms with Gasteiger partial charge >= 0.3 is 0 Å². The van der Waals surface area contributed by atoms with Crippen molar-refractivity contribution >= 4 is 11.6 Å². The maximum atomic E-state index is 12.3. The third-order valence-corrected chi connectivity index (χ3v) is 4.19. The molecule has 0 unspecified atom stereocenters. The number of benzene rings is 2. The minimum atomic E-state index is -0.326. The van der Waals surface area contributed by atoms with E-state index in [0.717, 1.165) is 16.7 Å². The first-order chi connectivity index (χ1) is 13.0. The number of aryl methyl sites for hydroxylation is 2. The number of hydrogen-bond acceptors (Lipinski definition) is 4. The van der Waals surface area contributed by atoms with Gasteiger partial charge in [-0.1, -0.05) is 23.8 Å². The minimum Gasteiger partial charge on any atom is -0.497 e. The molecule has 0 aliphatic heterocycles. The van der Waals surface area contributed by atoms with Gasteiger partial charge in [0.25, 0.3) is 5.56 Å². The fourth-order valence-electron chi connectivity index (χ4n) is 2.82. The van der Waals surface area contributed by atoms with Crippen molar-refractivity contribution in [2.45, 2.75) is 20.4 Å². The highest BCUT2D eigenvalue weighted by Crippen LogP contribution is 2.21. The van der Waals surface area contributed by atoms with Crippen molar-refractivity contribution in [2.75, 3.05) is 12.4 Å². The van der Waals surface area contributed by atoms with E-state index in [1.807, 2.05) is 26.0 Å². The lowest BCUT2D eigenvalue weighted by Crippen LogP contribution is -2.29. The Morgan fingerprint density at radius 3 is 2.48 bits per heavy atom. The van der Waals surface area contributed by atoms with Gasteiger partial charge in [-0.05, 0) is 49.7 Å². The molecule has 6 nitrogen and oxygen atoms in total. The summed E-state index contributed by atoms with van der Waals surface area (Å²) in [7, 11) is 1.58. The number of nitrogens with one attached hydrogen (secondary N) is 1. The van der Waals surface area contributed by atoms with Crippen molar-refractivity contribution < 1.29 is 9.53 Å². The van der Waals surface area contributed by atoms with Crippen LogP contribution in [-0.4, -0.2) is 22.8 Å². The molecule has 0 aliphatic rings. The predicted octanol–water partition coefficient (Wildman–Crippen LogP) is 3.17. The molecule has 138 valence electrons.